The molecule has 0 radical (unpaired) electrons. The van der Waals surface area contributed by atoms with Gasteiger partial charge in [-0.2, -0.15) is 6.07 Å². The molecule has 0 spiro atoms. The van der Waals surface area contributed by atoms with E-state index in [2.05, 4.69) is 89.4 Å². The predicted octanol–water partition coefficient (Wildman–Crippen LogP) is 10.0. The Balaban J connectivity index is 0.00000386. The van der Waals surface area contributed by atoms with Crippen LogP contribution in [0.15, 0.2) is 140 Å². The van der Waals surface area contributed by atoms with Gasteiger partial charge < -0.3 is 14.2 Å². The van der Waals surface area contributed by atoms with E-state index in [-0.39, 0.29) is 21.1 Å². The Morgan fingerprint density at radius 2 is 1.49 bits per heavy atom. The number of rotatable bonds is 9. The van der Waals surface area contributed by atoms with Gasteiger partial charge in [-0.3, -0.25) is 9.55 Å². The van der Waals surface area contributed by atoms with E-state index in [0.29, 0.717) is 17.4 Å². The summed E-state index contributed by atoms with van der Waals surface area (Å²) in [6.07, 6.45) is 7.68. The Labute approximate surface area is 290 Å². The summed E-state index contributed by atoms with van der Waals surface area (Å²) in [5, 5.41) is 0. The van der Waals surface area contributed by atoms with E-state index in [1.165, 1.54) is 11.1 Å². The number of imidazole rings is 2. The summed E-state index contributed by atoms with van der Waals surface area (Å²) in [6.45, 7) is 6.56. The molecule has 0 N–H and O–H groups in total. The minimum Gasteiger partial charge on any atom is -0.503 e. The molecule has 0 aliphatic carbocycles. The number of anilines is 3. The number of benzene rings is 5. The summed E-state index contributed by atoms with van der Waals surface area (Å²) in [6, 6.07) is 45.5. The molecule has 7 rings (SSSR count). The standard InChI is InChI=1S/C40H33N5O.Pt/c1-29(2)37-24-30(3)20-21-39(37)43-27-38(42-28-43)31-12-10-18-35(25-31)46-36-19-11-17-34(26-36)45(33-15-8-5-9-16-33)40-41-22-23-44(40)32-13-6-4-7-14-32;/h4-24,27-29H,1-3H3;/q-2;+2. The minimum atomic E-state index is 0. The molecule has 0 fully saturated rings. The van der Waals surface area contributed by atoms with Crippen LogP contribution in [-0.4, -0.2) is 19.1 Å². The number of nitrogens with zero attached hydrogens (tertiary/aromatic N) is 5. The van der Waals surface area contributed by atoms with Crippen molar-refractivity contribution in [3.8, 4) is 34.1 Å². The number of hydrogen-bond donors (Lipinski definition) is 0. The largest absolute Gasteiger partial charge is 2.00 e. The fraction of sp³-hybridized carbons (Fsp3) is 0.100. The monoisotopic (exact) mass is 794 g/mol. The molecule has 7 heteroatoms. The third kappa shape index (κ3) is 6.84. The third-order valence-corrected chi connectivity index (χ3v) is 7.79. The van der Waals surface area contributed by atoms with Gasteiger partial charge in [0.1, 0.15) is 0 Å². The number of hydrogen-bond acceptors (Lipinski definition) is 4. The molecule has 47 heavy (non-hydrogen) atoms. The van der Waals surface area contributed by atoms with Crippen molar-refractivity contribution in [3.05, 3.63) is 163 Å². The van der Waals surface area contributed by atoms with Gasteiger partial charge in [0.15, 0.2) is 0 Å². The topological polar surface area (TPSA) is 48.1 Å². The molecule has 0 aliphatic rings. The second kappa shape index (κ2) is 14.1. The van der Waals surface area contributed by atoms with Crippen molar-refractivity contribution in [2.45, 2.75) is 26.7 Å². The number of ether oxygens (including phenoxy) is 1. The zero-order valence-electron chi connectivity index (χ0n) is 26.3. The predicted molar refractivity (Wildman–Crippen MR) is 184 cm³/mol. The SMILES string of the molecule is Cc1ccc(-n2cnc(-c3[c-]c(Oc4[c-]c(N(c5ccccc5)c5nccn5-c5ccccc5)ccc4)ccc3)c2)c(C(C)C)c1.[Pt+2]. The number of aromatic nitrogens is 4. The summed E-state index contributed by atoms with van der Waals surface area (Å²) in [7, 11) is 0. The second-order valence-corrected chi connectivity index (χ2v) is 11.4. The van der Waals surface area contributed by atoms with Crippen molar-refractivity contribution < 1.29 is 25.8 Å². The van der Waals surface area contributed by atoms with Crippen molar-refractivity contribution >= 4 is 17.3 Å². The molecule has 6 nitrogen and oxygen atoms in total. The van der Waals surface area contributed by atoms with Crippen molar-refractivity contribution in [2.24, 2.45) is 0 Å². The molecule has 0 bridgehead atoms. The Bertz CT molecular complexity index is 2090. The van der Waals surface area contributed by atoms with Crippen molar-refractivity contribution in [1.29, 1.82) is 0 Å². The van der Waals surface area contributed by atoms with E-state index in [9.17, 15) is 0 Å². The van der Waals surface area contributed by atoms with E-state index in [4.69, 9.17) is 14.7 Å². The molecular formula is C40H33N5OPt. The Kier molecular flexibility index (Phi) is 9.51. The second-order valence-electron chi connectivity index (χ2n) is 11.4. The summed E-state index contributed by atoms with van der Waals surface area (Å²) in [5.74, 6) is 2.28. The van der Waals surface area contributed by atoms with Gasteiger partial charge in [0.25, 0.3) is 0 Å². The van der Waals surface area contributed by atoms with Gasteiger partial charge in [0.2, 0.25) is 5.95 Å². The van der Waals surface area contributed by atoms with Crippen LogP contribution in [0.25, 0.3) is 22.6 Å². The Morgan fingerprint density at radius 1 is 0.766 bits per heavy atom. The average molecular weight is 795 g/mol. The van der Waals surface area contributed by atoms with E-state index in [1.54, 1.807) is 0 Å². The van der Waals surface area contributed by atoms with Crippen molar-refractivity contribution in [2.75, 3.05) is 4.90 Å². The van der Waals surface area contributed by atoms with Gasteiger partial charge >= 0.3 is 21.1 Å². The van der Waals surface area contributed by atoms with Gasteiger partial charge in [-0.15, -0.1) is 42.0 Å². The molecule has 0 aliphatic heterocycles. The first-order valence-electron chi connectivity index (χ1n) is 15.4. The van der Waals surface area contributed by atoms with Gasteiger partial charge in [-0.25, -0.2) is 4.98 Å². The van der Waals surface area contributed by atoms with Gasteiger partial charge in [-0.1, -0.05) is 79.7 Å². The molecule has 0 atom stereocenters. The maximum atomic E-state index is 6.36. The fourth-order valence-electron chi connectivity index (χ4n) is 5.56. The van der Waals surface area contributed by atoms with Crippen molar-refractivity contribution in [3.63, 3.8) is 0 Å². The summed E-state index contributed by atoms with van der Waals surface area (Å²) >= 11 is 0. The first-order valence-corrected chi connectivity index (χ1v) is 15.4. The summed E-state index contributed by atoms with van der Waals surface area (Å²) in [5.41, 5.74) is 8.10. The molecule has 0 saturated heterocycles. The van der Waals surface area contributed by atoms with Crippen LogP contribution < -0.4 is 9.64 Å². The zero-order chi connectivity index (χ0) is 31.5. The van der Waals surface area contributed by atoms with Crippen LogP contribution in [0.2, 0.25) is 0 Å². The molecule has 2 heterocycles. The van der Waals surface area contributed by atoms with E-state index >= 15 is 0 Å². The molecule has 234 valence electrons. The van der Waals surface area contributed by atoms with Gasteiger partial charge in [0.05, 0.1) is 6.33 Å². The Hall–Kier alpha value is -5.19. The Morgan fingerprint density at radius 3 is 2.26 bits per heavy atom. The average Bonchev–Trinajstić information content (AvgIpc) is 3.77. The van der Waals surface area contributed by atoms with Crippen molar-refractivity contribution in [1.82, 2.24) is 19.1 Å². The van der Waals surface area contributed by atoms with E-state index in [1.807, 2.05) is 97.7 Å². The number of aryl methyl sites for hydroxylation is 1. The zero-order valence-corrected chi connectivity index (χ0v) is 28.6. The minimum absolute atomic E-state index is 0. The fourth-order valence-corrected chi connectivity index (χ4v) is 5.56. The first-order chi connectivity index (χ1) is 22.5. The maximum Gasteiger partial charge on any atom is 2.00 e. The molecular weight excluding hydrogens is 762 g/mol. The normalized spacial score (nSPS) is 10.9. The quantitative estimate of drug-likeness (QED) is 0.137. The van der Waals surface area contributed by atoms with E-state index < -0.39 is 0 Å². The van der Waals surface area contributed by atoms with Crippen LogP contribution in [0.4, 0.5) is 17.3 Å². The molecule has 0 amide bonds. The van der Waals surface area contributed by atoms with Crippen LogP contribution in [0.5, 0.6) is 11.5 Å². The van der Waals surface area contributed by atoms with Crippen LogP contribution in [0.3, 0.4) is 0 Å². The van der Waals surface area contributed by atoms with Gasteiger partial charge in [0, 0.05) is 46.6 Å². The summed E-state index contributed by atoms with van der Waals surface area (Å²) in [4.78, 5) is 11.6. The maximum absolute atomic E-state index is 6.36. The van der Waals surface area contributed by atoms with Crippen LogP contribution in [-0.2, 0) is 21.1 Å². The number of para-hydroxylation sites is 2. The molecule has 7 aromatic rings. The molecule has 0 unspecified atom stereocenters. The van der Waals surface area contributed by atoms with E-state index in [0.717, 1.165) is 40.0 Å². The smallest absolute Gasteiger partial charge is 0.503 e. The van der Waals surface area contributed by atoms with Crippen LogP contribution in [0.1, 0.15) is 30.9 Å². The third-order valence-electron chi connectivity index (χ3n) is 7.79. The first kappa shape index (κ1) is 31.8. The molecule has 5 aromatic carbocycles. The molecule has 2 aromatic heterocycles. The van der Waals surface area contributed by atoms with Gasteiger partial charge in [-0.05, 0) is 54.9 Å². The molecule has 0 saturated carbocycles. The van der Waals surface area contributed by atoms with Crippen LogP contribution >= 0.6 is 0 Å². The summed E-state index contributed by atoms with van der Waals surface area (Å²) < 4.78 is 10.5. The van der Waals surface area contributed by atoms with Crippen LogP contribution in [0, 0.1) is 19.1 Å².